The van der Waals surface area contributed by atoms with Crippen LogP contribution >= 0.6 is 0 Å². The first-order valence-electron chi connectivity index (χ1n) is 8.44. The molecule has 0 bridgehead atoms. The Kier molecular flexibility index (Phi) is 3.74. The van der Waals surface area contributed by atoms with Gasteiger partial charge in [-0.15, -0.1) is 0 Å². The van der Waals surface area contributed by atoms with E-state index in [1.165, 1.54) is 25.7 Å². The summed E-state index contributed by atoms with van der Waals surface area (Å²) < 4.78 is 2.15. The number of aryl methyl sites for hydroxylation is 1. The Balaban J connectivity index is 1.53. The highest BCUT2D eigenvalue weighted by molar-refractivity contribution is 5.91. The van der Waals surface area contributed by atoms with Gasteiger partial charge in [-0.25, -0.2) is 0 Å². The van der Waals surface area contributed by atoms with Crippen LogP contribution < -0.4 is 5.32 Å². The highest BCUT2D eigenvalue weighted by Gasteiger charge is 2.17. The molecule has 1 aliphatic carbocycles. The topological polar surface area (TPSA) is 42.7 Å². The Hall–Kier alpha value is -2.36. The number of anilines is 1. The molecule has 0 atom stereocenters. The van der Waals surface area contributed by atoms with Crippen LogP contribution in [-0.4, -0.2) is 14.8 Å². The molecule has 0 aliphatic heterocycles. The van der Waals surface area contributed by atoms with E-state index in [2.05, 4.69) is 51.5 Å². The van der Waals surface area contributed by atoms with Crippen molar-refractivity contribution in [1.82, 2.24) is 14.8 Å². The van der Waals surface area contributed by atoms with Crippen LogP contribution in [0, 0.1) is 6.92 Å². The maximum atomic E-state index is 4.75. The lowest BCUT2D eigenvalue weighted by Gasteiger charge is -2.11. The van der Waals surface area contributed by atoms with Crippen molar-refractivity contribution in [2.75, 3.05) is 5.32 Å². The predicted molar refractivity (Wildman–Crippen MR) is 93.5 cm³/mol. The number of nitrogens with one attached hydrogen (secondary N) is 1. The Bertz CT molecular complexity index is 815. The lowest BCUT2D eigenvalue weighted by atomic mass is 10.1. The summed E-state index contributed by atoms with van der Waals surface area (Å²) in [4.78, 5) is 4.59. The Morgan fingerprint density at radius 2 is 2.00 bits per heavy atom. The van der Waals surface area contributed by atoms with Crippen molar-refractivity contribution in [2.24, 2.45) is 0 Å². The molecule has 4 heteroatoms. The maximum absolute atomic E-state index is 4.75. The average molecular weight is 306 g/mol. The van der Waals surface area contributed by atoms with Crippen LogP contribution in [0.1, 0.15) is 43.1 Å². The number of benzene rings is 1. The first kappa shape index (κ1) is 14.2. The molecule has 0 saturated heterocycles. The number of rotatable bonds is 4. The summed E-state index contributed by atoms with van der Waals surface area (Å²) in [5.41, 5.74) is 4.29. The molecule has 0 unspecified atom stereocenters. The van der Waals surface area contributed by atoms with Crippen LogP contribution in [0.4, 0.5) is 5.69 Å². The quantitative estimate of drug-likeness (QED) is 0.773. The summed E-state index contributed by atoms with van der Waals surface area (Å²) >= 11 is 0. The molecule has 3 aromatic rings. The van der Waals surface area contributed by atoms with Crippen molar-refractivity contribution in [3.8, 4) is 0 Å². The van der Waals surface area contributed by atoms with Crippen LogP contribution in [0.15, 0.2) is 42.6 Å². The minimum absolute atomic E-state index is 0.604. The summed E-state index contributed by atoms with van der Waals surface area (Å²) in [6, 6.07) is 13.1. The molecule has 4 rings (SSSR count). The van der Waals surface area contributed by atoms with Crippen molar-refractivity contribution in [3.63, 3.8) is 0 Å². The number of aromatic nitrogens is 3. The Morgan fingerprint density at radius 3 is 2.87 bits per heavy atom. The molecule has 0 amide bonds. The SMILES string of the molecule is Cc1cc(NCc2ccn(C3CCCC3)n2)c2ccccc2n1. The molecule has 1 fully saturated rings. The molecule has 0 spiro atoms. The highest BCUT2D eigenvalue weighted by atomic mass is 15.3. The van der Waals surface area contributed by atoms with E-state index >= 15 is 0 Å². The third-order valence-corrected chi connectivity index (χ3v) is 4.67. The van der Waals surface area contributed by atoms with Gasteiger partial charge in [-0.05, 0) is 38.0 Å². The van der Waals surface area contributed by atoms with Crippen LogP contribution in [0.3, 0.4) is 0 Å². The van der Waals surface area contributed by atoms with Gasteiger partial charge in [-0.2, -0.15) is 5.10 Å². The largest absolute Gasteiger partial charge is 0.379 e. The van der Waals surface area contributed by atoms with Gasteiger partial charge in [0.25, 0.3) is 0 Å². The van der Waals surface area contributed by atoms with E-state index < -0.39 is 0 Å². The summed E-state index contributed by atoms with van der Waals surface area (Å²) in [6.45, 7) is 2.78. The molecular weight excluding hydrogens is 284 g/mol. The van der Waals surface area contributed by atoms with Gasteiger partial charge in [0, 0.05) is 23.0 Å². The highest BCUT2D eigenvalue weighted by Crippen LogP contribution is 2.29. The van der Waals surface area contributed by atoms with E-state index in [0.717, 1.165) is 34.5 Å². The van der Waals surface area contributed by atoms with Crippen LogP contribution in [-0.2, 0) is 6.54 Å². The summed E-state index contributed by atoms with van der Waals surface area (Å²) in [5, 5.41) is 9.44. The van der Waals surface area contributed by atoms with Gasteiger partial charge in [0.05, 0.1) is 23.8 Å². The van der Waals surface area contributed by atoms with Crippen LogP contribution in [0.5, 0.6) is 0 Å². The second-order valence-electron chi connectivity index (χ2n) is 6.41. The number of hydrogen-bond donors (Lipinski definition) is 1. The standard InChI is InChI=1S/C19H22N4/c1-14-12-19(17-8-4-5-9-18(17)21-14)20-13-15-10-11-23(22-15)16-6-2-3-7-16/h4-5,8-12,16H,2-3,6-7,13H2,1H3,(H,20,21). The normalized spacial score (nSPS) is 15.3. The van der Waals surface area contributed by atoms with Crippen LogP contribution in [0.2, 0.25) is 0 Å². The smallest absolute Gasteiger partial charge is 0.0815 e. The third-order valence-electron chi connectivity index (χ3n) is 4.67. The number of pyridine rings is 1. The molecule has 0 radical (unpaired) electrons. The van der Waals surface area contributed by atoms with E-state index in [9.17, 15) is 0 Å². The van der Waals surface area contributed by atoms with Gasteiger partial charge in [0.2, 0.25) is 0 Å². The average Bonchev–Trinajstić information content (AvgIpc) is 3.23. The van der Waals surface area contributed by atoms with Crippen molar-refractivity contribution >= 4 is 16.6 Å². The lowest BCUT2D eigenvalue weighted by Crippen LogP contribution is -2.07. The third kappa shape index (κ3) is 2.93. The van der Waals surface area contributed by atoms with Crippen molar-refractivity contribution in [1.29, 1.82) is 0 Å². The van der Waals surface area contributed by atoms with Gasteiger partial charge < -0.3 is 5.32 Å². The summed E-state index contributed by atoms with van der Waals surface area (Å²) in [5.74, 6) is 0. The fourth-order valence-corrected chi connectivity index (χ4v) is 3.48. The minimum Gasteiger partial charge on any atom is -0.379 e. The predicted octanol–water partition coefficient (Wildman–Crippen LogP) is 4.47. The molecule has 2 heterocycles. The van der Waals surface area contributed by atoms with Gasteiger partial charge in [-0.3, -0.25) is 9.67 Å². The number of fused-ring (bicyclic) bond motifs is 1. The number of nitrogens with zero attached hydrogens (tertiary/aromatic N) is 3. The van der Waals surface area contributed by atoms with Crippen molar-refractivity contribution in [2.45, 2.75) is 45.2 Å². The minimum atomic E-state index is 0.604. The van der Waals surface area contributed by atoms with Gasteiger partial charge in [-0.1, -0.05) is 31.0 Å². The zero-order valence-corrected chi connectivity index (χ0v) is 13.5. The van der Waals surface area contributed by atoms with Gasteiger partial charge in [0.1, 0.15) is 0 Å². The van der Waals surface area contributed by atoms with E-state index in [4.69, 9.17) is 5.10 Å². The fraction of sp³-hybridized carbons (Fsp3) is 0.368. The summed E-state index contributed by atoms with van der Waals surface area (Å²) in [6.07, 6.45) is 7.33. The molecule has 118 valence electrons. The monoisotopic (exact) mass is 306 g/mol. The summed E-state index contributed by atoms with van der Waals surface area (Å²) in [7, 11) is 0. The number of para-hydroxylation sites is 1. The molecule has 1 saturated carbocycles. The first-order valence-corrected chi connectivity index (χ1v) is 8.44. The zero-order chi connectivity index (χ0) is 15.6. The van der Waals surface area contributed by atoms with Gasteiger partial charge in [0.15, 0.2) is 0 Å². The van der Waals surface area contributed by atoms with Crippen molar-refractivity contribution in [3.05, 3.63) is 54.0 Å². The first-order chi connectivity index (χ1) is 11.3. The van der Waals surface area contributed by atoms with Crippen molar-refractivity contribution < 1.29 is 0 Å². The van der Waals surface area contributed by atoms with Gasteiger partial charge >= 0.3 is 0 Å². The fourth-order valence-electron chi connectivity index (χ4n) is 3.48. The molecular formula is C19H22N4. The number of hydrogen-bond acceptors (Lipinski definition) is 3. The Morgan fingerprint density at radius 1 is 1.17 bits per heavy atom. The second kappa shape index (κ2) is 6.03. The molecule has 2 aromatic heterocycles. The van der Waals surface area contributed by atoms with E-state index in [-0.39, 0.29) is 0 Å². The van der Waals surface area contributed by atoms with E-state index in [1.54, 1.807) is 0 Å². The Labute approximate surface area is 136 Å². The van der Waals surface area contributed by atoms with E-state index in [0.29, 0.717) is 6.04 Å². The zero-order valence-electron chi connectivity index (χ0n) is 13.5. The molecule has 4 nitrogen and oxygen atoms in total. The lowest BCUT2D eigenvalue weighted by molar-refractivity contribution is 0.463. The van der Waals surface area contributed by atoms with E-state index in [1.807, 2.05) is 13.0 Å². The molecule has 1 aliphatic rings. The van der Waals surface area contributed by atoms with Crippen LogP contribution in [0.25, 0.3) is 10.9 Å². The molecule has 1 N–H and O–H groups in total. The maximum Gasteiger partial charge on any atom is 0.0815 e. The molecule has 23 heavy (non-hydrogen) atoms. The molecule has 1 aromatic carbocycles. The second-order valence-corrected chi connectivity index (χ2v) is 6.41.